The summed E-state index contributed by atoms with van der Waals surface area (Å²) in [6.07, 6.45) is 3.21. The number of carbonyl (C=O) groups is 1. The number of rotatable bonds is 5. The number of fused-ring (bicyclic) bond motifs is 1. The number of halogens is 1. The molecule has 156 valence electrons. The molecule has 0 saturated heterocycles. The van der Waals surface area contributed by atoms with Crippen molar-refractivity contribution in [2.24, 2.45) is 0 Å². The molecule has 1 aliphatic rings. The summed E-state index contributed by atoms with van der Waals surface area (Å²) in [5.74, 6) is -0.107. The summed E-state index contributed by atoms with van der Waals surface area (Å²) in [7, 11) is 0. The Labute approximate surface area is 178 Å². The Morgan fingerprint density at radius 1 is 1.30 bits per heavy atom. The van der Waals surface area contributed by atoms with Gasteiger partial charge >= 0.3 is 5.97 Å². The molecule has 1 saturated carbocycles. The Morgan fingerprint density at radius 2 is 2.03 bits per heavy atom. The third kappa shape index (κ3) is 3.56. The van der Waals surface area contributed by atoms with E-state index >= 15 is 0 Å². The van der Waals surface area contributed by atoms with E-state index in [-0.39, 0.29) is 22.3 Å². The van der Waals surface area contributed by atoms with Crippen molar-refractivity contribution in [1.82, 2.24) is 4.98 Å². The molecule has 3 aromatic rings. The van der Waals surface area contributed by atoms with Crippen LogP contribution in [0, 0.1) is 13.8 Å². The third-order valence-electron chi connectivity index (χ3n) is 5.81. The van der Waals surface area contributed by atoms with Crippen molar-refractivity contribution in [2.75, 3.05) is 5.32 Å². The lowest BCUT2D eigenvalue weighted by molar-refractivity contribution is 0.0691. The molecule has 0 spiro atoms. The van der Waals surface area contributed by atoms with Crippen molar-refractivity contribution in [3.63, 3.8) is 0 Å². The summed E-state index contributed by atoms with van der Waals surface area (Å²) in [5, 5.41) is 13.3. The second kappa shape index (κ2) is 7.76. The number of aryl methyl sites for hydroxylation is 1. The Bertz CT molecular complexity index is 1210. The maximum absolute atomic E-state index is 13.1. The van der Waals surface area contributed by atoms with Crippen LogP contribution in [0.25, 0.3) is 11.0 Å². The van der Waals surface area contributed by atoms with Crippen molar-refractivity contribution < 1.29 is 14.3 Å². The van der Waals surface area contributed by atoms with Crippen LogP contribution in [0.4, 0.5) is 5.69 Å². The number of hydrogen-bond acceptors (Lipinski definition) is 5. The number of carboxylic acids is 1. The van der Waals surface area contributed by atoms with E-state index in [4.69, 9.17) is 16.0 Å². The first kappa shape index (κ1) is 20.4. The molecule has 6 nitrogen and oxygen atoms in total. The summed E-state index contributed by atoms with van der Waals surface area (Å²) in [6, 6.07) is 6.62. The minimum absolute atomic E-state index is 0.00492. The van der Waals surface area contributed by atoms with Gasteiger partial charge in [-0.2, -0.15) is 0 Å². The van der Waals surface area contributed by atoms with Crippen LogP contribution in [-0.4, -0.2) is 16.1 Å². The summed E-state index contributed by atoms with van der Waals surface area (Å²) < 4.78 is 6.33. The number of anilines is 1. The zero-order valence-corrected chi connectivity index (χ0v) is 17.8. The number of pyridine rings is 1. The van der Waals surface area contributed by atoms with Crippen molar-refractivity contribution in [1.29, 1.82) is 0 Å². The molecular weight excluding hydrogens is 404 g/mol. The predicted molar refractivity (Wildman–Crippen MR) is 117 cm³/mol. The lowest BCUT2D eigenvalue weighted by Crippen LogP contribution is -2.18. The monoisotopic (exact) mass is 426 g/mol. The zero-order valence-electron chi connectivity index (χ0n) is 17.1. The summed E-state index contributed by atoms with van der Waals surface area (Å²) >= 11 is 5.86. The van der Waals surface area contributed by atoms with E-state index in [2.05, 4.69) is 10.3 Å². The fourth-order valence-electron chi connectivity index (χ4n) is 3.99. The molecule has 2 N–H and O–H groups in total. The topological polar surface area (TPSA) is 92.4 Å². The molecule has 0 radical (unpaired) electrons. The third-order valence-corrected chi connectivity index (χ3v) is 6.02. The van der Waals surface area contributed by atoms with Gasteiger partial charge in [-0.15, -0.1) is 0 Å². The van der Waals surface area contributed by atoms with Gasteiger partial charge in [0.05, 0.1) is 17.1 Å². The SMILES string of the molecule is Cc1cc([C@@H](C)Nc2ccc(Cl)nc2C(=O)O)c2oc(C3CCC3)c(C)c(=O)c2c1. The Hall–Kier alpha value is -2.86. The number of aromatic nitrogens is 1. The zero-order chi connectivity index (χ0) is 21.6. The van der Waals surface area contributed by atoms with Gasteiger partial charge in [0, 0.05) is 17.0 Å². The van der Waals surface area contributed by atoms with Crippen LogP contribution in [0.3, 0.4) is 0 Å². The van der Waals surface area contributed by atoms with Crippen LogP contribution < -0.4 is 10.7 Å². The second-order valence-corrected chi connectivity index (χ2v) is 8.37. The van der Waals surface area contributed by atoms with Crippen molar-refractivity contribution in [2.45, 2.75) is 52.0 Å². The average molecular weight is 427 g/mol. The van der Waals surface area contributed by atoms with Crippen LogP contribution in [0.15, 0.2) is 33.5 Å². The quantitative estimate of drug-likeness (QED) is 0.516. The Balaban J connectivity index is 1.83. The molecule has 0 unspecified atom stereocenters. The largest absolute Gasteiger partial charge is 0.476 e. The molecule has 0 amide bonds. The molecule has 30 heavy (non-hydrogen) atoms. The number of aromatic carboxylic acids is 1. The number of nitrogens with zero attached hydrogens (tertiary/aromatic N) is 1. The number of carboxylic acid groups (broad SMARTS) is 1. The van der Waals surface area contributed by atoms with E-state index in [0.29, 0.717) is 28.1 Å². The molecule has 1 aliphatic carbocycles. The first-order chi connectivity index (χ1) is 14.3. The van der Waals surface area contributed by atoms with Gasteiger partial charge in [-0.05, 0) is 57.4 Å². The van der Waals surface area contributed by atoms with Crippen LogP contribution >= 0.6 is 11.6 Å². The lowest BCUT2D eigenvalue weighted by Gasteiger charge is -2.26. The minimum atomic E-state index is -1.17. The fraction of sp³-hybridized carbons (Fsp3) is 0.348. The van der Waals surface area contributed by atoms with Crippen LogP contribution in [-0.2, 0) is 0 Å². The van der Waals surface area contributed by atoms with Gasteiger partial charge in [-0.3, -0.25) is 4.79 Å². The van der Waals surface area contributed by atoms with E-state index < -0.39 is 5.97 Å². The lowest BCUT2D eigenvalue weighted by atomic mass is 9.81. The Morgan fingerprint density at radius 3 is 2.67 bits per heavy atom. The molecule has 1 fully saturated rings. The minimum Gasteiger partial charge on any atom is -0.476 e. The van der Waals surface area contributed by atoms with Gasteiger partial charge in [0.1, 0.15) is 16.5 Å². The van der Waals surface area contributed by atoms with Crippen molar-refractivity contribution >= 4 is 34.2 Å². The van der Waals surface area contributed by atoms with Gasteiger partial charge < -0.3 is 14.8 Å². The maximum Gasteiger partial charge on any atom is 0.356 e. The molecule has 2 aromatic heterocycles. The van der Waals surface area contributed by atoms with Gasteiger partial charge in [-0.1, -0.05) is 24.1 Å². The average Bonchev–Trinajstić information content (AvgIpc) is 2.65. The second-order valence-electron chi connectivity index (χ2n) is 7.98. The van der Waals surface area contributed by atoms with E-state index in [1.165, 1.54) is 6.07 Å². The predicted octanol–water partition coefficient (Wildman–Crippen LogP) is 5.60. The smallest absolute Gasteiger partial charge is 0.356 e. The molecule has 4 rings (SSSR count). The van der Waals surface area contributed by atoms with Gasteiger partial charge in [0.15, 0.2) is 11.1 Å². The summed E-state index contributed by atoms with van der Waals surface area (Å²) in [6.45, 7) is 5.66. The molecule has 0 bridgehead atoms. The van der Waals surface area contributed by atoms with Gasteiger partial charge in [-0.25, -0.2) is 9.78 Å². The first-order valence-electron chi connectivity index (χ1n) is 10.0. The fourth-order valence-corrected chi connectivity index (χ4v) is 4.14. The first-order valence-corrected chi connectivity index (χ1v) is 10.4. The molecule has 7 heteroatoms. The van der Waals surface area contributed by atoms with E-state index in [9.17, 15) is 14.7 Å². The van der Waals surface area contributed by atoms with Crippen molar-refractivity contribution in [3.05, 3.63) is 67.8 Å². The maximum atomic E-state index is 13.1. The van der Waals surface area contributed by atoms with Crippen LogP contribution in [0.1, 0.15) is 71.1 Å². The highest BCUT2D eigenvalue weighted by Gasteiger charge is 2.27. The van der Waals surface area contributed by atoms with Crippen LogP contribution in [0.5, 0.6) is 0 Å². The normalized spacial score (nSPS) is 15.1. The van der Waals surface area contributed by atoms with Crippen LogP contribution in [0.2, 0.25) is 5.15 Å². The Kier molecular flexibility index (Phi) is 5.28. The highest BCUT2D eigenvalue weighted by atomic mass is 35.5. The summed E-state index contributed by atoms with van der Waals surface area (Å²) in [4.78, 5) is 28.6. The van der Waals surface area contributed by atoms with E-state index in [1.807, 2.05) is 32.9 Å². The highest BCUT2D eigenvalue weighted by molar-refractivity contribution is 6.29. The van der Waals surface area contributed by atoms with Gasteiger partial charge in [0.25, 0.3) is 0 Å². The summed E-state index contributed by atoms with van der Waals surface area (Å²) in [5.41, 5.74) is 3.16. The number of nitrogens with one attached hydrogen (secondary N) is 1. The van der Waals surface area contributed by atoms with Crippen molar-refractivity contribution in [3.8, 4) is 0 Å². The van der Waals surface area contributed by atoms with E-state index in [0.717, 1.165) is 36.1 Å². The molecular formula is C23H23ClN2O4. The number of benzene rings is 1. The molecule has 2 heterocycles. The molecule has 0 aliphatic heterocycles. The molecule has 1 atom stereocenters. The number of hydrogen-bond donors (Lipinski definition) is 2. The molecule has 1 aromatic carbocycles. The highest BCUT2D eigenvalue weighted by Crippen LogP contribution is 2.39. The standard InChI is InChI=1S/C23H23ClN2O4/c1-11-9-15(13(3)25-17-7-8-18(24)26-19(17)23(28)29)22-16(10-11)20(27)12(2)21(30-22)14-5-4-6-14/h7-10,13-14,25H,4-6H2,1-3H3,(H,28,29)/t13-/m1/s1. The van der Waals surface area contributed by atoms with E-state index in [1.54, 1.807) is 6.07 Å². The van der Waals surface area contributed by atoms with Gasteiger partial charge in [0.2, 0.25) is 0 Å².